The summed E-state index contributed by atoms with van der Waals surface area (Å²) in [5.41, 5.74) is -1.25. The fourth-order valence-corrected chi connectivity index (χ4v) is 4.78. The van der Waals surface area contributed by atoms with E-state index in [1.807, 2.05) is 0 Å². The first kappa shape index (κ1) is 29.8. The number of ether oxygens (including phenoxy) is 4. The van der Waals surface area contributed by atoms with Gasteiger partial charge in [0.05, 0.1) is 12.2 Å². The molecule has 10 atom stereocenters. The number of fused-ring (bicyclic) bond motifs is 1. The van der Waals surface area contributed by atoms with Crippen LogP contribution in [0.2, 0.25) is 0 Å². The molecule has 9 N–H and O–H groups in total. The molecule has 10 unspecified atom stereocenters. The lowest BCUT2D eigenvalue weighted by Gasteiger charge is -2.39. The average molecular weight is 595 g/mol. The summed E-state index contributed by atoms with van der Waals surface area (Å²) in [5, 5.41) is 91.6. The minimum absolute atomic E-state index is 0.00232. The second kappa shape index (κ2) is 11.2. The van der Waals surface area contributed by atoms with E-state index >= 15 is 0 Å². The van der Waals surface area contributed by atoms with Gasteiger partial charge in [-0.2, -0.15) is 0 Å². The molecule has 15 heteroatoms. The van der Waals surface area contributed by atoms with Gasteiger partial charge in [-0.1, -0.05) is 0 Å². The van der Waals surface area contributed by atoms with Crippen molar-refractivity contribution in [2.24, 2.45) is 0 Å². The molecule has 42 heavy (non-hydrogen) atoms. The number of phenolic OH excluding ortho intramolecular Hbond substituents is 3. The molecule has 1 aromatic heterocycles. The lowest BCUT2D eigenvalue weighted by molar-refractivity contribution is -0.268. The number of aliphatic hydroxyl groups is 6. The minimum atomic E-state index is -1.82. The number of phenols is 3. The van der Waals surface area contributed by atoms with E-state index in [2.05, 4.69) is 0 Å². The van der Waals surface area contributed by atoms with Crippen LogP contribution in [-0.4, -0.2) is 107 Å². The van der Waals surface area contributed by atoms with Crippen molar-refractivity contribution in [1.82, 2.24) is 0 Å². The Morgan fingerprint density at radius 3 is 1.86 bits per heavy atom. The maximum Gasteiger partial charge on any atom is 0.239 e. The van der Waals surface area contributed by atoms with Crippen molar-refractivity contribution >= 4 is 11.0 Å². The van der Waals surface area contributed by atoms with Crippen LogP contribution in [0.1, 0.15) is 13.8 Å². The van der Waals surface area contributed by atoms with Crippen LogP contribution >= 0.6 is 0 Å². The Morgan fingerprint density at radius 2 is 1.26 bits per heavy atom. The van der Waals surface area contributed by atoms with E-state index in [9.17, 15) is 50.8 Å². The molecule has 15 nitrogen and oxygen atoms in total. The Labute approximate surface area is 236 Å². The predicted octanol–water partition coefficient (Wildman–Crippen LogP) is -1.01. The molecule has 0 bridgehead atoms. The fourth-order valence-electron chi connectivity index (χ4n) is 4.78. The first-order valence-corrected chi connectivity index (χ1v) is 12.9. The third kappa shape index (κ3) is 5.21. The van der Waals surface area contributed by atoms with Crippen molar-refractivity contribution in [3.05, 3.63) is 40.6 Å². The lowest BCUT2D eigenvalue weighted by atomic mass is 10.00. The van der Waals surface area contributed by atoms with Crippen LogP contribution in [0.25, 0.3) is 22.3 Å². The lowest BCUT2D eigenvalue weighted by Crippen LogP contribution is -2.58. The SMILES string of the molecule is CC1OC(Oc2cc(-c3oc4cc(O)cc(O)c4c(=O)c3OC3OC(C)C(O)C(O)C3O)ccc2O)C(O)C(O)C1O. The van der Waals surface area contributed by atoms with Gasteiger partial charge in [-0.3, -0.25) is 4.79 Å². The van der Waals surface area contributed by atoms with Crippen LogP contribution < -0.4 is 14.9 Å². The molecule has 2 aromatic carbocycles. The van der Waals surface area contributed by atoms with Crippen LogP contribution in [0.15, 0.2) is 39.5 Å². The summed E-state index contributed by atoms with van der Waals surface area (Å²) < 4.78 is 28.0. The highest BCUT2D eigenvalue weighted by atomic mass is 16.7. The normalized spacial score (nSPS) is 33.4. The summed E-state index contributed by atoms with van der Waals surface area (Å²) in [4.78, 5) is 13.6. The highest BCUT2D eigenvalue weighted by molar-refractivity contribution is 5.88. The smallest absolute Gasteiger partial charge is 0.239 e. The third-order valence-electron chi connectivity index (χ3n) is 7.23. The first-order chi connectivity index (χ1) is 19.8. The summed E-state index contributed by atoms with van der Waals surface area (Å²) in [6.45, 7) is 2.83. The molecule has 2 aliphatic heterocycles. The monoisotopic (exact) mass is 594 g/mol. The van der Waals surface area contributed by atoms with Crippen molar-refractivity contribution in [3.63, 3.8) is 0 Å². The second-order valence-corrected chi connectivity index (χ2v) is 10.2. The molecule has 3 aromatic rings. The number of aliphatic hydroxyl groups excluding tert-OH is 6. The molecule has 0 saturated carbocycles. The van der Waals surface area contributed by atoms with Gasteiger partial charge in [-0.15, -0.1) is 0 Å². The predicted molar refractivity (Wildman–Crippen MR) is 139 cm³/mol. The zero-order chi connectivity index (χ0) is 30.6. The van der Waals surface area contributed by atoms with Gasteiger partial charge < -0.3 is 69.3 Å². The number of rotatable bonds is 5. The highest BCUT2D eigenvalue weighted by Gasteiger charge is 2.45. The average Bonchev–Trinajstić information content (AvgIpc) is 2.94. The molecule has 2 saturated heterocycles. The Balaban J connectivity index is 1.60. The topological polar surface area (TPSA) is 249 Å². The fraction of sp³-hybridized carbons (Fsp3) is 0.444. The second-order valence-electron chi connectivity index (χ2n) is 10.2. The summed E-state index contributed by atoms with van der Waals surface area (Å²) >= 11 is 0. The van der Waals surface area contributed by atoms with Crippen molar-refractivity contribution in [2.75, 3.05) is 0 Å². The van der Waals surface area contributed by atoms with E-state index < -0.39 is 95.2 Å². The molecule has 0 amide bonds. The van der Waals surface area contributed by atoms with E-state index in [0.717, 1.165) is 24.3 Å². The summed E-state index contributed by atoms with van der Waals surface area (Å²) in [7, 11) is 0. The van der Waals surface area contributed by atoms with E-state index in [1.165, 1.54) is 19.9 Å². The third-order valence-corrected chi connectivity index (χ3v) is 7.23. The molecule has 228 valence electrons. The number of aromatic hydroxyl groups is 3. The van der Waals surface area contributed by atoms with Gasteiger partial charge >= 0.3 is 0 Å². The Kier molecular flexibility index (Phi) is 7.95. The Bertz CT molecular complexity index is 1520. The quantitative estimate of drug-likeness (QED) is 0.172. The molecule has 3 heterocycles. The summed E-state index contributed by atoms with van der Waals surface area (Å²) in [5.74, 6) is -2.85. The van der Waals surface area contributed by atoms with Crippen LogP contribution in [-0.2, 0) is 9.47 Å². The van der Waals surface area contributed by atoms with Crippen molar-refractivity contribution in [3.8, 4) is 40.1 Å². The zero-order valence-corrected chi connectivity index (χ0v) is 22.1. The number of hydrogen-bond donors (Lipinski definition) is 9. The van der Waals surface area contributed by atoms with Crippen LogP contribution in [0, 0.1) is 0 Å². The molecule has 5 rings (SSSR count). The van der Waals surface area contributed by atoms with Crippen LogP contribution in [0.5, 0.6) is 28.7 Å². The maximum absolute atomic E-state index is 13.6. The molecular weight excluding hydrogens is 564 g/mol. The standard InChI is InChI=1S/C27H30O15/c1-8-17(31)20(34)22(36)26(38-8)41-14-5-10(3-4-12(14)29)24-25(42-27-23(37)21(35)18(32)9(2)39-27)19(33)16-13(30)6-11(28)7-15(16)40-24/h3-9,17-18,20-23,26-32,34-37H,1-2H3. The minimum Gasteiger partial charge on any atom is -0.508 e. The van der Waals surface area contributed by atoms with Gasteiger partial charge in [0.25, 0.3) is 0 Å². The van der Waals surface area contributed by atoms with Gasteiger partial charge in [-0.25, -0.2) is 0 Å². The Hall–Kier alpha value is -3.67. The van der Waals surface area contributed by atoms with Gasteiger partial charge in [0.2, 0.25) is 23.8 Å². The van der Waals surface area contributed by atoms with Crippen molar-refractivity contribution in [1.29, 1.82) is 0 Å². The van der Waals surface area contributed by atoms with Gasteiger partial charge in [0, 0.05) is 17.7 Å². The largest absolute Gasteiger partial charge is 0.508 e. The van der Waals surface area contributed by atoms with Crippen molar-refractivity contribution in [2.45, 2.75) is 75.3 Å². The molecule has 0 spiro atoms. The van der Waals surface area contributed by atoms with E-state index in [0.29, 0.717) is 0 Å². The maximum atomic E-state index is 13.6. The van der Waals surface area contributed by atoms with E-state index in [-0.39, 0.29) is 22.7 Å². The van der Waals surface area contributed by atoms with Gasteiger partial charge in [0.1, 0.15) is 59.1 Å². The Morgan fingerprint density at radius 1 is 0.690 bits per heavy atom. The first-order valence-electron chi connectivity index (χ1n) is 12.9. The molecule has 2 fully saturated rings. The molecule has 2 aliphatic rings. The summed E-state index contributed by atoms with van der Waals surface area (Å²) in [6.07, 6.45) is -14.9. The summed E-state index contributed by atoms with van der Waals surface area (Å²) in [6, 6.07) is 5.52. The van der Waals surface area contributed by atoms with Gasteiger partial charge in [0.15, 0.2) is 17.3 Å². The van der Waals surface area contributed by atoms with E-state index in [4.69, 9.17) is 23.4 Å². The molecular formula is C27H30O15. The highest BCUT2D eigenvalue weighted by Crippen LogP contribution is 2.40. The van der Waals surface area contributed by atoms with Crippen LogP contribution in [0.4, 0.5) is 0 Å². The van der Waals surface area contributed by atoms with E-state index in [1.54, 1.807) is 0 Å². The van der Waals surface area contributed by atoms with Gasteiger partial charge in [-0.05, 0) is 32.0 Å². The molecule has 0 radical (unpaired) electrons. The zero-order valence-electron chi connectivity index (χ0n) is 22.1. The number of benzene rings is 2. The number of hydrogen-bond acceptors (Lipinski definition) is 15. The van der Waals surface area contributed by atoms with Crippen LogP contribution in [0.3, 0.4) is 0 Å². The molecule has 0 aliphatic carbocycles. The van der Waals surface area contributed by atoms with Crippen molar-refractivity contribution < 1.29 is 69.3 Å².